The normalized spacial score (nSPS) is 20.3. The van der Waals surface area contributed by atoms with Crippen molar-refractivity contribution in [3.63, 3.8) is 0 Å². The van der Waals surface area contributed by atoms with E-state index in [1.165, 1.54) is 37.7 Å². The standard InChI is InChI=1S/C17H20FN/c1-12-9-14(7-8-16(12)18)17-10-15(11-19-17)13-5-3-2-4-6-13/h7-10,13H,2-6,11H2,1H3. The third-order valence-electron chi connectivity index (χ3n) is 4.34. The van der Waals surface area contributed by atoms with Gasteiger partial charge in [-0.1, -0.05) is 19.3 Å². The minimum absolute atomic E-state index is 0.140. The SMILES string of the molecule is Cc1cc(C2=NCC(C3CCCCC3)=C2)ccc1F. The third kappa shape index (κ3) is 2.63. The van der Waals surface area contributed by atoms with Gasteiger partial charge in [-0.25, -0.2) is 4.39 Å². The van der Waals surface area contributed by atoms with Gasteiger partial charge in [-0.2, -0.15) is 0 Å². The van der Waals surface area contributed by atoms with E-state index >= 15 is 0 Å². The number of hydrogen-bond acceptors (Lipinski definition) is 1. The molecular formula is C17H20FN. The van der Waals surface area contributed by atoms with E-state index in [1.807, 2.05) is 12.1 Å². The summed E-state index contributed by atoms with van der Waals surface area (Å²) in [5, 5.41) is 0. The molecule has 1 nitrogen and oxygen atoms in total. The van der Waals surface area contributed by atoms with Crippen LogP contribution in [0.5, 0.6) is 0 Å². The van der Waals surface area contributed by atoms with Gasteiger partial charge in [-0.15, -0.1) is 0 Å². The minimum Gasteiger partial charge on any atom is -0.280 e. The van der Waals surface area contributed by atoms with Gasteiger partial charge in [0.2, 0.25) is 0 Å². The maximum Gasteiger partial charge on any atom is 0.126 e. The lowest BCUT2D eigenvalue weighted by atomic mass is 9.83. The molecule has 1 aromatic carbocycles. The van der Waals surface area contributed by atoms with E-state index in [4.69, 9.17) is 0 Å². The van der Waals surface area contributed by atoms with Crippen molar-refractivity contribution in [2.24, 2.45) is 10.9 Å². The van der Waals surface area contributed by atoms with Gasteiger partial charge in [0.15, 0.2) is 0 Å². The van der Waals surface area contributed by atoms with E-state index < -0.39 is 0 Å². The zero-order chi connectivity index (χ0) is 13.2. The maximum absolute atomic E-state index is 13.3. The molecule has 0 atom stereocenters. The van der Waals surface area contributed by atoms with E-state index in [2.05, 4.69) is 11.1 Å². The van der Waals surface area contributed by atoms with E-state index in [9.17, 15) is 4.39 Å². The molecule has 1 aromatic rings. The first-order chi connectivity index (χ1) is 9.24. The second-order valence-electron chi connectivity index (χ2n) is 5.72. The van der Waals surface area contributed by atoms with Crippen LogP contribution >= 0.6 is 0 Å². The molecule has 2 aliphatic rings. The molecule has 0 N–H and O–H groups in total. The summed E-state index contributed by atoms with van der Waals surface area (Å²) in [6.45, 7) is 2.65. The highest BCUT2D eigenvalue weighted by Gasteiger charge is 2.21. The topological polar surface area (TPSA) is 12.4 Å². The maximum atomic E-state index is 13.3. The summed E-state index contributed by atoms with van der Waals surface area (Å²) in [5.41, 5.74) is 4.25. The summed E-state index contributed by atoms with van der Waals surface area (Å²) in [6.07, 6.45) is 8.96. The van der Waals surface area contributed by atoms with Crippen LogP contribution in [0.1, 0.15) is 43.2 Å². The molecule has 3 rings (SSSR count). The van der Waals surface area contributed by atoms with Gasteiger partial charge < -0.3 is 0 Å². The summed E-state index contributed by atoms with van der Waals surface area (Å²) < 4.78 is 13.3. The Balaban J connectivity index is 1.79. The average molecular weight is 257 g/mol. The Kier molecular flexibility index (Phi) is 3.50. The molecule has 1 aliphatic carbocycles. The molecule has 0 aromatic heterocycles. The van der Waals surface area contributed by atoms with Crippen LogP contribution in [0.15, 0.2) is 34.8 Å². The van der Waals surface area contributed by atoms with Crippen molar-refractivity contribution in [3.05, 3.63) is 46.8 Å². The number of aryl methyl sites for hydroxylation is 1. The van der Waals surface area contributed by atoms with Crippen LogP contribution < -0.4 is 0 Å². The molecule has 19 heavy (non-hydrogen) atoms. The van der Waals surface area contributed by atoms with Gasteiger partial charge in [-0.3, -0.25) is 4.99 Å². The number of hydrogen-bond donors (Lipinski definition) is 0. The summed E-state index contributed by atoms with van der Waals surface area (Å²) in [6, 6.07) is 5.27. The second kappa shape index (κ2) is 5.28. The molecule has 0 spiro atoms. The lowest BCUT2D eigenvalue weighted by Crippen LogP contribution is -2.09. The zero-order valence-electron chi connectivity index (χ0n) is 11.5. The van der Waals surface area contributed by atoms with Gasteiger partial charge in [-0.05, 0) is 61.1 Å². The Morgan fingerprint density at radius 3 is 2.68 bits per heavy atom. The molecular weight excluding hydrogens is 237 g/mol. The van der Waals surface area contributed by atoms with Gasteiger partial charge in [0.05, 0.1) is 12.3 Å². The van der Waals surface area contributed by atoms with E-state index in [0.717, 1.165) is 23.7 Å². The third-order valence-corrected chi connectivity index (χ3v) is 4.34. The molecule has 100 valence electrons. The quantitative estimate of drug-likeness (QED) is 0.742. The molecule has 0 unspecified atom stereocenters. The number of allylic oxidation sites excluding steroid dienone is 1. The van der Waals surface area contributed by atoms with Crippen molar-refractivity contribution in [1.29, 1.82) is 0 Å². The molecule has 1 heterocycles. The highest BCUT2D eigenvalue weighted by molar-refractivity contribution is 6.10. The molecule has 0 saturated heterocycles. The fourth-order valence-corrected chi connectivity index (χ4v) is 3.14. The number of benzene rings is 1. The number of halogens is 1. The summed E-state index contributed by atoms with van der Waals surface area (Å²) in [4.78, 5) is 4.63. The van der Waals surface area contributed by atoms with Crippen molar-refractivity contribution < 1.29 is 4.39 Å². The highest BCUT2D eigenvalue weighted by atomic mass is 19.1. The Bertz CT molecular complexity index is 536. The first-order valence-corrected chi connectivity index (χ1v) is 7.25. The van der Waals surface area contributed by atoms with Crippen molar-refractivity contribution in [2.45, 2.75) is 39.0 Å². The van der Waals surface area contributed by atoms with Crippen molar-refractivity contribution in [3.8, 4) is 0 Å². The summed E-state index contributed by atoms with van der Waals surface area (Å²) >= 11 is 0. The van der Waals surface area contributed by atoms with Crippen molar-refractivity contribution in [1.82, 2.24) is 0 Å². The zero-order valence-corrected chi connectivity index (χ0v) is 11.5. The van der Waals surface area contributed by atoms with E-state index in [-0.39, 0.29) is 5.82 Å². The first kappa shape index (κ1) is 12.6. The molecule has 1 saturated carbocycles. The fourth-order valence-electron chi connectivity index (χ4n) is 3.14. The lowest BCUT2D eigenvalue weighted by Gasteiger charge is -2.22. The van der Waals surface area contributed by atoms with E-state index in [0.29, 0.717) is 5.56 Å². The highest BCUT2D eigenvalue weighted by Crippen LogP contribution is 2.32. The van der Waals surface area contributed by atoms with Gasteiger partial charge in [0.1, 0.15) is 5.82 Å². The molecule has 0 bridgehead atoms. The molecule has 0 amide bonds. The van der Waals surface area contributed by atoms with Crippen LogP contribution in [0.25, 0.3) is 0 Å². The Morgan fingerprint density at radius 1 is 1.16 bits per heavy atom. The van der Waals surface area contributed by atoms with Gasteiger partial charge in [0, 0.05) is 5.56 Å². The number of aliphatic imine (C=N–C) groups is 1. The Hall–Kier alpha value is -1.44. The Morgan fingerprint density at radius 2 is 1.95 bits per heavy atom. The smallest absolute Gasteiger partial charge is 0.126 e. The lowest BCUT2D eigenvalue weighted by molar-refractivity contribution is 0.401. The fraction of sp³-hybridized carbons (Fsp3) is 0.471. The molecule has 1 aliphatic heterocycles. The van der Waals surface area contributed by atoms with Crippen LogP contribution in [-0.2, 0) is 0 Å². The van der Waals surface area contributed by atoms with Crippen LogP contribution in [0.2, 0.25) is 0 Å². The minimum atomic E-state index is -0.140. The summed E-state index contributed by atoms with van der Waals surface area (Å²) in [5.74, 6) is 0.593. The predicted octanol–water partition coefficient (Wildman–Crippen LogP) is 4.44. The molecule has 1 fully saturated rings. The van der Waals surface area contributed by atoms with E-state index in [1.54, 1.807) is 13.0 Å². The predicted molar refractivity (Wildman–Crippen MR) is 77.2 cm³/mol. The largest absolute Gasteiger partial charge is 0.280 e. The summed E-state index contributed by atoms with van der Waals surface area (Å²) in [7, 11) is 0. The Labute approximate surface area is 114 Å². The van der Waals surface area contributed by atoms with Crippen molar-refractivity contribution in [2.75, 3.05) is 6.54 Å². The number of rotatable bonds is 2. The van der Waals surface area contributed by atoms with Crippen LogP contribution in [0.3, 0.4) is 0 Å². The van der Waals surface area contributed by atoms with Crippen LogP contribution in [0, 0.1) is 18.7 Å². The molecule has 0 radical (unpaired) electrons. The first-order valence-electron chi connectivity index (χ1n) is 7.25. The van der Waals surface area contributed by atoms with Gasteiger partial charge >= 0.3 is 0 Å². The van der Waals surface area contributed by atoms with Gasteiger partial charge in [0.25, 0.3) is 0 Å². The monoisotopic (exact) mass is 257 g/mol. The second-order valence-corrected chi connectivity index (χ2v) is 5.72. The number of nitrogens with zero attached hydrogens (tertiary/aromatic N) is 1. The van der Waals surface area contributed by atoms with Crippen LogP contribution in [-0.4, -0.2) is 12.3 Å². The van der Waals surface area contributed by atoms with Crippen molar-refractivity contribution >= 4 is 5.71 Å². The van der Waals surface area contributed by atoms with Crippen LogP contribution in [0.4, 0.5) is 4.39 Å². The average Bonchev–Trinajstić information content (AvgIpc) is 2.93. The molecule has 2 heteroatoms.